The Morgan fingerprint density at radius 1 is 0.475 bits per heavy atom. The summed E-state index contributed by atoms with van der Waals surface area (Å²) in [5.74, 6) is 0. The highest BCUT2D eigenvalue weighted by Gasteiger charge is 2.20. The Balaban J connectivity index is 1.28. The van der Waals surface area contributed by atoms with E-state index in [1.807, 2.05) is 36.4 Å². The molecule has 0 aliphatic carbocycles. The summed E-state index contributed by atoms with van der Waals surface area (Å²) in [7, 11) is 0. The van der Waals surface area contributed by atoms with Gasteiger partial charge in [0, 0.05) is 5.39 Å². The highest BCUT2D eigenvalue weighted by Crippen LogP contribution is 2.39. The molecule has 0 aliphatic rings. The van der Waals surface area contributed by atoms with E-state index < -0.39 is 0 Å². The quantitative estimate of drug-likeness (QED) is 0.220. The minimum atomic E-state index is 0.543. The predicted octanol–water partition coefficient (Wildman–Crippen LogP) is 10.4. The van der Waals surface area contributed by atoms with Crippen LogP contribution in [0.3, 0.4) is 0 Å². The second-order valence-corrected chi connectivity index (χ2v) is 10.0. The van der Waals surface area contributed by atoms with Gasteiger partial charge in [0.25, 0.3) is 0 Å². The average Bonchev–Trinajstić information content (AvgIpc) is 3.46. The third-order valence-electron chi connectivity index (χ3n) is 7.68. The van der Waals surface area contributed by atoms with E-state index in [0.29, 0.717) is 6.01 Å². The van der Waals surface area contributed by atoms with Gasteiger partial charge in [-0.2, -0.15) is 4.98 Å². The summed E-state index contributed by atoms with van der Waals surface area (Å²) in [6.45, 7) is 0. The van der Waals surface area contributed by atoms with Crippen molar-refractivity contribution in [2.75, 3.05) is 4.90 Å². The molecule has 8 rings (SSSR count). The lowest BCUT2D eigenvalue weighted by atomic mass is 9.93. The normalized spacial score (nSPS) is 11.5. The largest absolute Gasteiger partial charge is 0.423 e. The smallest absolute Gasteiger partial charge is 0.307 e. The van der Waals surface area contributed by atoms with Crippen molar-refractivity contribution >= 4 is 60.8 Å². The van der Waals surface area contributed by atoms with Crippen LogP contribution in [-0.4, -0.2) is 4.98 Å². The van der Waals surface area contributed by atoms with Crippen LogP contribution in [0.5, 0.6) is 0 Å². The Kier molecular flexibility index (Phi) is 5.14. The highest BCUT2D eigenvalue weighted by molar-refractivity contribution is 6.13. The molecule has 1 heterocycles. The zero-order chi connectivity index (χ0) is 26.5. The predicted molar refractivity (Wildman–Crippen MR) is 167 cm³/mol. The second-order valence-electron chi connectivity index (χ2n) is 10.0. The summed E-state index contributed by atoms with van der Waals surface area (Å²) in [5, 5.41) is 7.26. The maximum absolute atomic E-state index is 6.38. The fourth-order valence-corrected chi connectivity index (χ4v) is 5.78. The van der Waals surface area contributed by atoms with Crippen molar-refractivity contribution < 1.29 is 4.42 Å². The molecule has 7 aromatic carbocycles. The number of oxazole rings is 1. The number of benzene rings is 7. The van der Waals surface area contributed by atoms with Crippen molar-refractivity contribution in [2.24, 2.45) is 0 Å². The van der Waals surface area contributed by atoms with E-state index in [4.69, 9.17) is 9.40 Å². The molecule has 0 saturated carbocycles. The number of aromatic nitrogens is 1. The summed E-state index contributed by atoms with van der Waals surface area (Å²) >= 11 is 0. The van der Waals surface area contributed by atoms with E-state index in [2.05, 4.69) is 114 Å². The number of hydrogen-bond acceptors (Lipinski definition) is 3. The number of anilines is 3. The molecule has 188 valence electrons. The molecular weight excluding hydrogens is 488 g/mol. The van der Waals surface area contributed by atoms with Crippen molar-refractivity contribution in [1.29, 1.82) is 0 Å². The zero-order valence-electron chi connectivity index (χ0n) is 21.7. The lowest BCUT2D eigenvalue weighted by Crippen LogP contribution is -2.10. The van der Waals surface area contributed by atoms with Crippen LogP contribution in [0.1, 0.15) is 0 Å². The van der Waals surface area contributed by atoms with E-state index in [9.17, 15) is 0 Å². The first-order valence-electron chi connectivity index (χ1n) is 13.5. The standard InChI is InChI=1S/C37H24N2O/c1-2-12-28(13-3-1)39(37-38-36-31-15-7-4-10-25(31)20-23-35(36)40-37)29-21-18-26(19-22-29)34-24-27-11-5-6-14-30(27)32-16-8-9-17-33(32)34/h1-24H. The lowest BCUT2D eigenvalue weighted by Gasteiger charge is -2.21. The Morgan fingerprint density at radius 3 is 1.90 bits per heavy atom. The van der Waals surface area contributed by atoms with Crippen molar-refractivity contribution in [1.82, 2.24) is 4.98 Å². The Morgan fingerprint density at radius 2 is 1.10 bits per heavy atom. The van der Waals surface area contributed by atoms with Gasteiger partial charge in [-0.15, -0.1) is 0 Å². The minimum absolute atomic E-state index is 0.543. The van der Waals surface area contributed by atoms with Crippen LogP contribution in [0.2, 0.25) is 0 Å². The molecule has 40 heavy (non-hydrogen) atoms. The summed E-state index contributed by atoms with van der Waals surface area (Å²) in [4.78, 5) is 7.09. The Bertz CT molecular complexity index is 2160. The monoisotopic (exact) mass is 512 g/mol. The van der Waals surface area contributed by atoms with Gasteiger partial charge in [-0.3, -0.25) is 4.90 Å². The van der Waals surface area contributed by atoms with Crippen molar-refractivity contribution in [3.05, 3.63) is 146 Å². The molecule has 0 fully saturated rings. The van der Waals surface area contributed by atoms with Crippen LogP contribution in [0, 0.1) is 0 Å². The maximum atomic E-state index is 6.38. The first-order chi connectivity index (χ1) is 19.8. The molecule has 3 nitrogen and oxygen atoms in total. The van der Waals surface area contributed by atoms with Crippen molar-refractivity contribution in [2.45, 2.75) is 0 Å². The van der Waals surface area contributed by atoms with Gasteiger partial charge in [0.1, 0.15) is 5.52 Å². The topological polar surface area (TPSA) is 29.3 Å². The molecule has 8 aromatic rings. The number of rotatable bonds is 4. The van der Waals surface area contributed by atoms with Crippen LogP contribution in [0.15, 0.2) is 150 Å². The zero-order valence-corrected chi connectivity index (χ0v) is 21.7. The van der Waals surface area contributed by atoms with E-state index in [0.717, 1.165) is 33.2 Å². The third kappa shape index (κ3) is 3.63. The third-order valence-corrected chi connectivity index (χ3v) is 7.68. The van der Waals surface area contributed by atoms with Crippen LogP contribution >= 0.6 is 0 Å². The van der Waals surface area contributed by atoms with E-state index >= 15 is 0 Å². The summed E-state index contributed by atoms with van der Waals surface area (Å²) in [6, 6.07) is 51.4. The molecule has 3 heteroatoms. The molecule has 0 amide bonds. The molecule has 0 N–H and O–H groups in total. The second kappa shape index (κ2) is 9.11. The molecule has 0 radical (unpaired) electrons. The summed E-state index contributed by atoms with van der Waals surface area (Å²) in [5.41, 5.74) is 6.00. The summed E-state index contributed by atoms with van der Waals surface area (Å²) in [6.07, 6.45) is 0. The molecule has 1 aromatic heterocycles. The van der Waals surface area contributed by atoms with Crippen LogP contribution in [0.25, 0.3) is 54.5 Å². The van der Waals surface area contributed by atoms with Crippen molar-refractivity contribution in [3.63, 3.8) is 0 Å². The molecule has 0 spiro atoms. The molecule has 0 saturated heterocycles. The van der Waals surface area contributed by atoms with E-state index in [1.54, 1.807) is 0 Å². The van der Waals surface area contributed by atoms with Gasteiger partial charge in [-0.1, -0.05) is 109 Å². The van der Waals surface area contributed by atoms with Gasteiger partial charge >= 0.3 is 6.01 Å². The SMILES string of the molecule is c1ccc(N(c2ccc(-c3cc4ccccc4c4ccccc34)cc2)c2nc3c(ccc4ccccc43)o2)cc1. The van der Waals surface area contributed by atoms with Crippen LogP contribution < -0.4 is 4.90 Å². The number of fused-ring (bicyclic) bond motifs is 6. The Labute approximate surface area is 231 Å². The Hall–Kier alpha value is -5.41. The van der Waals surface area contributed by atoms with Crippen molar-refractivity contribution in [3.8, 4) is 11.1 Å². The molecule has 0 aliphatic heterocycles. The molecule has 0 atom stereocenters. The van der Waals surface area contributed by atoms with Gasteiger partial charge in [-0.05, 0) is 74.5 Å². The molecular formula is C37H24N2O. The van der Waals surface area contributed by atoms with Gasteiger partial charge in [0.15, 0.2) is 5.58 Å². The molecule has 0 unspecified atom stereocenters. The van der Waals surface area contributed by atoms with Crippen LogP contribution in [0.4, 0.5) is 17.4 Å². The summed E-state index contributed by atoms with van der Waals surface area (Å²) < 4.78 is 6.38. The van der Waals surface area contributed by atoms with E-state index in [1.165, 1.54) is 32.7 Å². The highest BCUT2D eigenvalue weighted by atomic mass is 16.4. The number of para-hydroxylation sites is 1. The molecule has 0 bridgehead atoms. The fourth-order valence-electron chi connectivity index (χ4n) is 5.78. The minimum Gasteiger partial charge on any atom is -0.423 e. The number of nitrogens with zero attached hydrogens (tertiary/aromatic N) is 2. The average molecular weight is 513 g/mol. The maximum Gasteiger partial charge on any atom is 0.307 e. The van der Waals surface area contributed by atoms with E-state index in [-0.39, 0.29) is 0 Å². The van der Waals surface area contributed by atoms with Gasteiger partial charge in [-0.25, -0.2) is 0 Å². The first kappa shape index (κ1) is 22.6. The van der Waals surface area contributed by atoms with Gasteiger partial charge < -0.3 is 4.42 Å². The first-order valence-corrected chi connectivity index (χ1v) is 13.5. The fraction of sp³-hybridized carbons (Fsp3) is 0. The van der Waals surface area contributed by atoms with Crippen LogP contribution in [-0.2, 0) is 0 Å². The van der Waals surface area contributed by atoms with Gasteiger partial charge in [0.05, 0.1) is 11.4 Å². The van der Waals surface area contributed by atoms with Gasteiger partial charge in [0.2, 0.25) is 0 Å². The lowest BCUT2D eigenvalue weighted by molar-refractivity contribution is 0.608. The number of hydrogen-bond donors (Lipinski definition) is 0.